The number of carboxylic acids is 1. The number of amidine groups is 1. The molecule has 1 fully saturated rings. The Morgan fingerprint density at radius 2 is 1.81 bits per heavy atom. The zero-order valence-corrected chi connectivity index (χ0v) is 16.8. The van der Waals surface area contributed by atoms with E-state index in [9.17, 15) is 24.0 Å². The maximum Gasteiger partial charge on any atom is 0.325 e. The van der Waals surface area contributed by atoms with Crippen LogP contribution in [0.25, 0.3) is 0 Å². The summed E-state index contributed by atoms with van der Waals surface area (Å²) in [7, 11) is 1.16. The average molecular weight is 433 g/mol. The van der Waals surface area contributed by atoms with Crippen molar-refractivity contribution in [1.29, 1.82) is 5.41 Å². The van der Waals surface area contributed by atoms with Crippen LogP contribution in [0.4, 0.5) is 0 Å². The second-order valence-electron chi connectivity index (χ2n) is 6.71. The zero-order chi connectivity index (χ0) is 23.1. The minimum absolute atomic E-state index is 0.00267. The lowest BCUT2D eigenvalue weighted by atomic mass is 10.1. The van der Waals surface area contributed by atoms with Crippen molar-refractivity contribution in [2.45, 2.75) is 12.5 Å². The van der Waals surface area contributed by atoms with Gasteiger partial charge in [-0.05, 0) is 12.1 Å². The fourth-order valence-corrected chi connectivity index (χ4v) is 3.04. The molecule has 0 spiro atoms. The van der Waals surface area contributed by atoms with E-state index in [1.165, 1.54) is 24.3 Å². The van der Waals surface area contributed by atoms with E-state index >= 15 is 0 Å². The lowest BCUT2D eigenvalue weighted by Gasteiger charge is -2.39. The summed E-state index contributed by atoms with van der Waals surface area (Å²) in [6, 6.07) is 4.57. The van der Waals surface area contributed by atoms with E-state index in [0.29, 0.717) is 5.56 Å². The molecule has 12 nitrogen and oxygen atoms in total. The number of methoxy groups -OCH3 is 1. The first kappa shape index (κ1) is 23.3. The van der Waals surface area contributed by atoms with Crippen LogP contribution < -0.4 is 11.1 Å². The van der Waals surface area contributed by atoms with Crippen LogP contribution in [0.15, 0.2) is 24.3 Å². The normalized spacial score (nSPS) is 15.9. The first-order valence-corrected chi connectivity index (χ1v) is 9.23. The van der Waals surface area contributed by atoms with Gasteiger partial charge in [0.25, 0.3) is 5.91 Å². The van der Waals surface area contributed by atoms with Gasteiger partial charge in [0, 0.05) is 24.2 Å². The summed E-state index contributed by atoms with van der Waals surface area (Å²) >= 11 is 0. The number of carboxylic acid groups (broad SMARTS) is 1. The SMILES string of the molecule is COC(=O)CN1CCN(C(=O)CNC(=O)c2ccc(C(=N)N)cc2)C(CC(=O)O)C1=O. The Labute approximate surface area is 177 Å². The number of ether oxygens (including phenoxy) is 1. The van der Waals surface area contributed by atoms with Crippen LogP contribution in [0, 0.1) is 5.41 Å². The maximum atomic E-state index is 12.6. The van der Waals surface area contributed by atoms with E-state index in [1.54, 1.807) is 0 Å². The maximum absolute atomic E-state index is 12.6. The summed E-state index contributed by atoms with van der Waals surface area (Å²) in [4.78, 5) is 62.4. The molecule has 1 saturated heterocycles. The number of nitrogens with one attached hydrogen (secondary N) is 2. The van der Waals surface area contributed by atoms with Crippen molar-refractivity contribution < 1.29 is 33.8 Å². The van der Waals surface area contributed by atoms with Crippen LogP contribution in [0.2, 0.25) is 0 Å². The van der Waals surface area contributed by atoms with Crippen LogP contribution >= 0.6 is 0 Å². The molecule has 1 aromatic rings. The second kappa shape index (κ2) is 10.2. The van der Waals surface area contributed by atoms with Crippen molar-refractivity contribution in [2.24, 2.45) is 5.73 Å². The number of carbonyl (C=O) groups excluding carboxylic acids is 4. The van der Waals surface area contributed by atoms with Gasteiger partial charge >= 0.3 is 11.9 Å². The summed E-state index contributed by atoms with van der Waals surface area (Å²) in [5, 5.41) is 18.9. The van der Waals surface area contributed by atoms with Crippen molar-refractivity contribution in [3.63, 3.8) is 0 Å². The number of carbonyl (C=O) groups is 5. The second-order valence-corrected chi connectivity index (χ2v) is 6.71. The minimum atomic E-state index is -1.30. The molecular weight excluding hydrogens is 410 g/mol. The first-order chi connectivity index (χ1) is 14.6. The van der Waals surface area contributed by atoms with Crippen LogP contribution in [0.3, 0.4) is 0 Å². The molecule has 166 valence electrons. The van der Waals surface area contributed by atoms with Crippen molar-refractivity contribution in [3.8, 4) is 0 Å². The summed E-state index contributed by atoms with van der Waals surface area (Å²) < 4.78 is 4.52. The molecule has 0 bridgehead atoms. The van der Waals surface area contributed by atoms with Gasteiger partial charge in [0.2, 0.25) is 11.8 Å². The summed E-state index contributed by atoms with van der Waals surface area (Å²) in [5.41, 5.74) is 6.03. The number of hydrogen-bond acceptors (Lipinski definition) is 7. The third-order valence-electron chi connectivity index (χ3n) is 4.68. The Kier molecular flexibility index (Phi) is 7.66. The van der Waals surface area contributed by atoms with Gasteiger partial charge < -0.3 is 30.7 Å². The molecular formula is C19H23N5O7. The molecule has 3 amide bonds. The number of nitrogens with two attached hydrogens (primary N) is 1. The van der Waals surface area contributed by atoms with Gasteiger partial charge in [0.15, 0.2) is 0 Å². The van der Waals surface area contributed by atoms with Crippen LogP contribution in [0.5, 0.6) is 0 Å². The topological polar surface area (TPSA) is 183 Å². The predicted octanol–water partition coefficient (Wildman–Crippen LogP) is -1.61. The predicted molar refractivity (Wildman–Crippen MR) is 106 cm³/mol. The smallest absolute Gasteiger partial charge is 0.325 e. The molecule has 5 N–H and O–H groups in total. The highest BCUT2D eigenvalue weighted by Crippen LogP contribution is 2.15. The molecule has 1 aliphatic heterocycles. The number of benzene rings is 1. The molecule has 12 heteroatoms. The molecule has 1 heterocycles. The van der Waals surface area contributed by atoms with Gasteiger partial charge in [-0.3, -0.25) is 29.4 Å². The number of hydrogen-bond donors (Lipinski definition) is 4. The third-order valence-corrected chi connectivity index (χ3v) is 4.68. The number of rotatable bonds is 8. The van der Waals surface area contributed by atoms with E-state index in [4.69, 9.17) is 16.2 Å². The molecule has 0 radical (unpaired) electrons. The van der Waals surface area contributed by atoms with Gasteiger partial charge in [-0.2, -0.15) is 0 Å². The largest absolute Gasteiger partial charge is 0.481 e. The molecule has 1 unspecified atom stereocenters. The van der Waals surface area contributed by atoms with E-state index in [0.717, 1.165) is 16.9 Å². The lowest BCUT2D eigenvalue weighted by molar-refractivity contribution is -0.158. The lowest BCUT2D eigenvalue weighted by Crippen LogP contribution is -2.61. The zero-order valence-electron chi connectivity index (χ0n) is 16.8. The van der Waals surface area contributed by atoms with E-state index in [-0.39, 0.29) is 31.0 Å². The van der Waals surface area contributed by atoms with Gasteiger partial charge in [-0.15, -0.1) is 0 Å². The van der Waals surface area contributed by atoms with E-state index < -0.39 is 48.7 Å². The number of amides is 3. The van der Waals surface area contributed by atoms with Crippen LogP contribution in [0.1, 0.15) is 22.3 Å². The summed E-state index contributed by atoms with van der Waals surface area (Å²) in [5.74, 6) is -3.97. The molecule has 2 rings (SSSR count). The highest BCUT2D eigenvalue weighted by molar-refractivity contribution is 6.00. The molecule has 1 atom stereocenters. The first-order valence-electron chi connectivity index (χ1n) is 9.23. The molecule has 0 aliphatic carbocycles. The van der Waals surface area contributed by atoms with E-state index in [2.05, 4.69) is 10.1 Å². The quantitative estimate of drug-likeness (QED) is 0.214. The Bertz CT molecular complexity index is 899. The number of nitrogen functional groups attached to an aromatic ring is 1. The summed E-state index contributed by atoms with van der Waals surface area (Å²) in [6.07, 6.45) is -0.636. The Morgan fingerprint density at radius 1 is 1.19 bits per heavy atom. The van der Waals surface area contributed by atoms with Crippen LogP contribution in [-0.4, -0.2) is 89.7 Å². The van der Waals surface area contributed by atoms with Gasteiger partial charge in [0.05, 0.1) is 20.1 Å². The van der Waals surface area contributed by atoms with Crippen molar-refractivity contribution >= 4 is 35.5 Å². The number of aliphatic carboxylic acids is 1. The molecule has 1 aliphatic rings. The number of esters is 1. The average Bonchev–Trinajstić information content (AvgIpc) is 2.74. The number of piperazine rings is 1. The molecule has 0 aromatic heterocycles. The van der Waals surface area contributed by atoms with Gasteiger partial charge in [-0.25, -0.2) is 0 Å². The van der Waals surface area contributed by atoms with Crippen molar-refractivity contribution in [2.75, 3.05) is 33.3 Å². The Morgan fingerprint density at radius 3 is 2.35 bits per heavy atom. The summed E-state index contributed by atoms with van der Waals surface area (Å²) in [6.45, 7) is -0.771. The minimum Gasteiger partial charge on any atom is -0.481 e. The Hall–Kier alpha value is -3.96. The van der Waals surface area contributed by atoms with E-state index in [1.807, 2.05) is 0 Å². The molecule has 0 saturated carbocycles. The Balaban J connectivity index is 2.03. The van der Waals surface area contributed by atoms with Gasteiger partial charge in [0.1, 0.15) is 18.4 Å². The fourth-order valence-electron chi connectivity index (χ4n) is 3.04. The van der Waals surface area contributed by atoms with Gasteiger partial charge in [-0.1, -0.05) is 12.1 Å². The van der Waals surface area contributed by atoms with Crippen molar-refractivity contribution in [1.82, 2.24) is 15.1 Å². The fraction of sp³-hybridized carbons (Fsp3) is 0.368. The standard InChI is InChI=1S/C19H23N5O7/c1-31-16(28)10-23-6-7-24(13(19(23)30)8-15(26)27)14(25)9-22-18(29)12-4-2-11(3-5-12)17(20)21/h2-5,13H,6-10H2,1H3,(H3,20,21)(H,22,29)(H,26,27). The third kappa shape index (κ3) is 6.01. The molecule has 1 aromatic carbocycles. The van der Waals surface area contributed by atoms with Crippen molar-refractivity contribution in [3.05, 3.63) is 35.4 Å². The molecule has 31 heavy (non-hydrogen) atoms. The van der Waals surface area contributed by atoms with Crippen LogP contribution in [-0.2, 0) is 23.9 Å². The number of nitrogens with zero attached hydrogens (tertiary/aromatic N) is 2. The monoisotopic (exact) mass is 433 g/mol. The highest BCUT2D eigenvalue weighted by atomic mass is 16.5. The highest BCUT2D eigenvalue weighted by Gasteiger charge is 2.39.